The van der Waals surface area contributed by atoms with Gasteiger partial charge in [-0.3, -0.25) is 4.79 Å². The topological polar surface area (TPSA) is 48.5 Å². The van der Waals surface area contributed by atoms with Crippen molar-refractivity contribution in [2.45, 2.75) is 26.2 Å². The van der Waals surface area contributed by atoms with Crippen LogP contribution < -0.4 is 10.2 Å². The number of hydrogen-bond donors (Lipinski definition) is 1. The maximum absolute atomic E-state index is 12.8. The highest BCUT2D eigenvalue weighted by molar-refractivity contribution is 7.17. The fraction of sp³-hybridized carbons (Fsp3) is 0.714. The largest absolute Gasteiger partial charge is 0.354 e. The average molecular weight is 296 g/mol. The molecule has 6 heteroatoms. The van der Waals surface area contributed by atoms with Crippen LogP contribution in [0.25, 0.3) is 0 Å². The first kappa shape index (κ1) is 15.3. The van der Waals surface area contributed by atoms with Gasteiger partial charge in [0.25, 0.3) is 5.91 Å². The number of carbonyl (C=O) groups excluding carboxylic acids is 1. The molecule has 20 heavy (non-hydrogen) atoms. The van der Waals surface area contributed by atoms with Crippen LogP contribution in [-0.2, 0) is 5.41 Å². The van der Waals surface area contributed by atoms with Gasteiger partial charge in [0.2, 0.25) is 0 Å². The summed E-state index contributed by atoms with van der Waals surface area (Å²) < 4.78 is 0. The molecule has 0 radical (unpaired) electrons. The standard InChI is InChI=1S/C14H24N4OS/c1-14(2,3)11-10(20-13(16-11)17(4)5)12(19)18-8-6-15-7-9-18/h15H,6-9H2,1-5H3. The van der Waals surface area contributed by atoms with Crippen molar-refractivity contribution in [3.05, 3.63) is 10.6 Å². The highest BCUT2D eigenvalue weighted by Gasteiger charge is 2.30. The predicted octanol–water partition coefficient (Wildman–Crippen LogP) is 1.55. The van der Waals surface area contributed by atoms with E-state index in [2.05, 4.69) is 31.1 Å². The zero-order valence-electron chi connectivity index (χ0n) is 13.0. The van der Waals surface area contributed by atoms with Crippen LogP contribution in [0, 0.1) is 0 Å². The van der Waals surface area contributed by atoms with Crippen molar-refractivity contribution in [2.75, 3.05) is 45.2 Å². The van der Waals surface area contributed by atoms with Crippen LogP contribution in [0.3, 0.4) is 0 Å². The third-order valence-electron chi connectivity index (χ3n) is 3.31. The predicted molar refractivity (Wildman–Crippen MR) is 83.9 cm³/mol. The number of anilines is 1. The van der Waals surface area contributed by atoms with Gasteiger partial charge in [0.1, 0.15) is 4.88 Å². The van der Waals surface area contributed by atoms with Crippen molar-refractivity contribution < 1.29 is 4.79 Å². The Labute approximate surface area is 125 Å². The Kier molecular flexibility index (Phi) is 4.34. The van der Waals surface area contributed by atoms with Crippen LogP contribution in [0.2, 0.25) is 0 Å². The number of amides is 1. The SMILES string of the molecule is CN(C)c1nc(C(C)(C)C)c(C(=O)N2CCNCC2)s1. The number of thiazole rings is 1. The molecule has 1 amide bonds. The van der Waals surface area contributed by atoms with Crippen molar-refractivity contribution in [1.29, 1.82) is 0 Å². The van der Waals surface area contributed by atoms with Gasteiger partial charge in [0.05, 0.1) is 5.69 Å². The second-order valence-corrected chi connectivity index (χ2v) is 7.34. The summed E-state index contributed by atoms with van der Waals surface area (Å²) in [5.74, 6) is 0.127. The second kappa shape index (κ2) is 5.69. The number of rotatable bonds is 2. The number of nitrogens with zero attached hydrogens (tertiary/aromatic N) is 3. The van der Waals surface area contributed by atoms with E-state index in [1.54, 1.807) is 0 Å². The van der Waals surface area contributed by atoms with E-state index in [4.69, 9.17) is 0 Å². The first-order valence-corrected chi connectivity index (χ1v) is 7.81. The monoisotopic (exact) mass is 296 g/mol. The molecule has 1 aromatic rings. The van der Waals surface area contributed by atoms with Crippen LogP contribution >= 0.6 is 11.3 Å². The summed E-state index contributed by atoms with van der Waals surface area (Å²) in [4.78, 5) is 22.1. The Balaban J connectivity index is 2.35. The molecule has 1 aliphatic rings. The van der Waals surface area contributed by atoms with Gasteiger partial charge in [-0.15, -0.1) is 0 Å². The molecule has 2 rings (SSSR count). The quantitative estimate of drug-likeness (QED) is 0.899. The van der Waals surface area contributed by atoms with Crippen LogP contribution in [-0.4, -0.2) is 56.1 Å². The van der Waals surface area contributed by atoms with Crippen LogP contribution in [0.5, 0.6) is 0 Å². The second-order valence-electron chi connectivity index (χ2n) is 6.36. The fourth-order valence-electron chi connectivity index (χ4n) is 2.16. The minimum absolute atomic E-state index is 0.121. The zero-order valence-corrected chi connectivity index (χ0v) is 13.8. The number of hydrogen-bond acceptors (Lipinski definition) is 5. The van der Waals surface area contributed by atoms with E-state index >= 15 is 0 Å². The average Bonchev–Trinajstić information content (AvgIpc) is 2.84. The van der Waals surface area contributed by atoms with E-state index in [0.717, 1.165) is 41.9 Å². The van der Waals surface area contributed by atoms with Gasteiger partial charge in [-0.25, -0.2) is 4.98 Å². The minimum atomic E-state index is -0.121. The van der Waals surface area contributed by atoms with Gasteiger partial charge in [-0.2, -0.15) is 0 Å². The van der Waals surface area contributed by atoms with Crippen molar-refractivity contribution in [2.24, 2.45) is 0 Å². The van der Waals surface area contributed by atoms with Crippen molar-refractivity contribution in [3.8, 4) is 0 Å². The molecule has 0 atom stereocenters. The lowest BCUT2D eigenvalue weighted by Crippen LogP contribution is -2.46. The van der Waals surface area contributed by atoms with E-state index < -0.39 is 0 Å². The first-order valence-electron chi connectivity index (χ1n) is 6.99. The van der Waals surface area contributed by atoms with Gasteiger partial charge in [-0.05, 0) is 0 Å². The Hall–Kier alpha value is -1.14. The molecule has 0 saturated carbocycles. The Morgan fingerprint density at radius 1 is 1.30 bits per heavy atom. The summed E-state index contributed by atoms with van der Waals surface area (Å²) in [6.45, 7) is 9.61. The summed E-state index contributed by atoms with van der Waals surface area (Å²) in [6, 6.07) is 0. The summed E-state index contributed by atoms with van der Waals surface area (Å²) >= 11 is 1.50. The lowest BCUT2D eigenvalue weighted by Gasteiger charge is -2.28. The fourth-order valence-corrected chi connectivity index (χ4v) is 3.33. The number of nitrogens with one attached hydrogen (secondary N) is 1. The molecule has 1 N–H and O–H groups in total. The molecule has 1 saturated heterocycles. The molecule has 5 nitrogen and oxygen atoms in total. The number of piperazine rings is 1. The summed E-state index contributed by atoms with van der Waals surface area (Å²) in [5.41, 5.74) is 0.791. The Bertz CT molecular complexity index is 484. The third kappa shape index (κ3) is 3.12. The Morgan fingerprint density at radius 3 is 2.40 bits per heavy atom. The first-order chi connectivity index (χ1) is 9.30. The van der Waals surface area contributed by atoms with E-state index in [1.807, 2.05) is 23.9 Å². The third-order valence-corrected chi connectivity index (χ3v) is 4.52. The molecule has 2 heterocycles. The maximum atomic E-state index is 12.8. The lowest BCUT2D eigenvalue weighted by molar-refractivity contribution is 0.0738. The molecule has 1 aromatic heterocycles. The van der Waals surface area contributed by atoms with Crippen LogP contribution in [0.1, 0.15) is 36.1 Å². The Morgan fingerprint density at radius 2 is 1.90 bits per heavy atom. The van der Waals surface area contributed by atoms with E-state index in [-0.39, 0.29) is 11.3 Å². The van der Waals surface area contributed by atoms with E-state index in [9.17, 15) is 4.79 Å². The molecule has 0 unspecified atom stereocenters. The van der Waals surface area contributed by atoms with Crippen molar-refractivity contribution in [1.82, 2.24) is 15.2 Å². The van der Waals surface area contributed by atoms with E-state index in [0.29, 0.717) is 0 Å². The number of aromatic nitrogens is 1. The molecule has 0 bridgehead atoms. The van der Waals surface area contributed by atoms with Crippen LogP contribution in [0.4, 0.5) is 5.13 Å². The minimum Gasteiger partial charge on any atom is -0.354 e. The maximum Gasteiger partial charge on any atom is 0.266 e. The highest BCUT2D eigenvalue weighted by atomic mass is 32.1. The molecular formula is C14H24N4OS. The molecule has 1 fully saturated rings. The number of carbonyl (C=O) groups is 1. The lowest BCUT2D eigenvalue weighted by atomic mass is 9.91. The zero-order chi connectivity index (χ0) is 14.9. The molecule has 1 aliphatic heterocycles. The normalized spacial score (nSPS) is 16.4. The van der Waals surface area contributed by atoms with Crippen molar-refractivity contribution >= 4 is 22.4 Å². The summed E-state index contributed by atoms with van der Waals surface area (Å²) in [7, 11) is 3.93. The molecule has 112 valence electrons. The van der Waals surface area contributed by atoms with Gasteiger partial charge in [0, 0.05) is 45.7 Å². The molecule has 0 spiro atoms. The van der Waals surface area contributed by atoms with Crippen molar-refractivity contribution in [3.63, 3.8) is 0 Å². The summed E-state index contributed by atoms with van der Waals surface area (Å²) in [6.07, 6.45) is 0. The molecule has 0 aromatic carbocycles. The van der Waals surface area contributed by atoms with Gasteiger partial charge >= 0.3 is 0 Å². The van der Waals surface area contributed by atoms with E-state index in [1.165, 1.54) is 11.3 Å². The van der Waals surface area contributed by atoms with Crippen LogP contribution in [0.15, 0.2) is 0 Å². The van der Waals surface area contributed by atoms with Gasteiger partial charge in [-0.1, -0.05) is 32.1 Å². The highest BCUT2D eigenvalue weighted by Crippen LogP contribution is 2.34. The molecular weight excluding hydrogens is 272 g/mol. The summed E-state index contributed by atoms with van der Waals surface area (Å²) in [5, 5.41) is 4.17. The van der Waals surface area contributed by atoms with Gasteiger partial charge in [0.15, 0.2) is 5.13 Å². The smallest absolute Gasteiger partial charge is 0.266 e. The van der Waals surface area contributed by atoms with Gasteiger partial charge < -0.3 is 15.1 Å². The molecule has 0 aliphatic carbocycles.